The van der Waals surface area contributed by atoms with Gasteiger partial charge in [-0.2, -0.15) is 11.8 Å². The molecule has 0 unspecified atom stereocenters. The van der Waals surface area contributed by atoms with E-state index in [-0.39, 0.29) is 0 Å². The van der Waals surface area contributed by atoms with Gasteiger partial charge in [0.2, 0.25) is 0 Å². The number of benzene rings is 1. The van der Waals surface area contributed by atoms with Gasteiger partial charge in [-0.3, -0.25) is 4.79 Å². The Morgan fingerprint density at radius 2 is 1.89 bits per heavy atom. The van der Waals surface area contributed by atoms with E-state index in [9.17, 15) is 4.79 Å². The smallest absolute Gasteiger partial charge is 0.321 e. The fraction of sp³-hybridized carbons (Fsp3) is 0.462. The molecule has 6 heteroatoms. The zero-order valence-electron chi connectivity index (χ0n) is 10.9. The van der Waals surface area contributed by atoms with E-state index in [0.29, 0.717) is 24.7 Å². The van der Waals surface area contributed by atoms with E-state index >= 15 is 0 Å². The Morgan fingerprint density at radius 1 is 1.32 bits per heavy atom. The topological polar surface area (TPSA) is 81.8 Å². The summed E-state index contributed by atoms with van der Waals surface area (Å²) in [5.74, 6) is 1.71. The van der Waals surface area contributed by atoms with Gasteiger partial charge < -0.3 is 20.3 Å². The molecular formula is C13H19NO4S. The van der Waals surface area contributed by atoms with Gasteiger partial charge in [0.15, 0.2) is 0 Å². The Balaban J connectivity index is 2.17. The van der Waals surface area contributed by atoms with E-state index in [1.54, 1.807) is 0 Å². The second kappa shape index (κ2) is 8.66. The highest BCUT2D eigenvalue weighted by Crippen LogP contribution is 2.17. The van der Waals surface area contributed by atoms with Crippen LogP contribution >= 0.6 is 11.8 Å². The zero-order valence-corrected chi connectivity index (χ0v) is 11.7. The second-order valence-electron chi connectivity index (χ2n) is 3.77. The first-order valence-electron chi connectivity index (χ1n) is 6.05. The zero-order chi connectivity index (χ0) is 14.1. The molecule has 0 amide bonds. The molecule has 0 heterocycles. The second-order valence-corrected chi connectivity index (χ2v) is 4.92. The van der Waals surface area contributed by atoms with Crippen molar-refractivity contribution >= 4 is 17.7 Å². The highest BCUT2D eigenvalue weighted by molar-refractivity contribution is 7.99. The molecule has 19 heavy (non-hydrogen) atoms. The molecule has 0 aliphatic rings. The van der Waals surface area contributed by atoms with Crippen LogP contribution in [0.4, 0.5) is 0 Å². The van der Waals surface area contributed by atoms with Gasteiger partial charge in [-0.05, 0) is 31.2 Å². The summed E-state index contributed by atoms with van der Waals surface area (Å²) in [6, 6.07) is 6.59. The Kier molecular flexibility index (Phi) is 7.14. The lowest BCUT2D eigenvalue weighted by Gasteiger charge is -2.08. The fourth-order valence-electron chi connectivity index (χ4n) is 1.30. The number of thioether (sulfide) groups is 1. The monoisotopic (exact) mass is 285 g/mol. The first kappa shape index (κ1) is 15.7. The van der Waals surface area contributed by atoms with Gasteiger partial charge in [0.1, 0.15) is 17.5 Å². The molecule has 0 saturated carbocycles. The van der Waals surface area contributed by atoms with Gasteiger partial charge >= 0.3 is 5.97 Å². The van der Waals surface area contributed by atoms with Gasteiger partial charge in [0, 0.05) is 11.5 Å². The number of hydrogen-bond donors (Lipinski definition) is 2. The Hall–Kier alpha value is -1.40. The highest BCUT2D eigenvalue weighted by Gasteiger charge is 2.10. The van der Waals surface area contributed by atoms with Crippen LogP contribution in [0.5, 0.6) is 11.5 Å². The van der Waals surface area contributed by atoms with Crippen molar-refractivity contribution in [3.8, 4) is 11.5 Å². The maximum Gasteiger partial charge on any atom is 0.321 e. The van der Waals surface area contributed by atoms with E-state index < -0.39 is 12.0 Å². The normalized spacial score (nSPS) is 11.9. The third-order valence-electron chi connectivity index (χ3n) is 2.25. The lowest BCUT2D eigenvalue weighted by molar-refractivity contribution is -0.137. The third-order valence-corrected chi connectivity index (χ3v) is 3.30. The number of carboxylic acid groups (broad SMARTS) is 1. The van der Waals surface area contributed by atoms with Gasteiger partial charge in [-0.1, -0.05) is 0 Å². The molecule has 0 aliphatic heterocycles. The molecule has 0 aliphatic carbocycles. The van der Waals surface area contributed by atoms with Crippen LogP contribution in [0.25, 0.3) is 0 Å². The largest absolute Gasteiger partial charge is 0.494 e. The van der Waals surface area contributed by atoms with Crippen LogP contribution in [0.3, 0.4) is 0 Å². The van der Waals surface area contributed by atoms with Crippen LogP contribution in [0.15, 0.2) is 24.3 Å². The molecule has 1 aromatic rings. The number of ether oxygens (including phenoxy) is 2. The molecule has 1 atom stereocenters. The van der Waals surface area contributed by atoms with E-state index in [2.05, 4.69) is 0 Å². The number of hydrogen-bond acceptors (Lipinski definition) is 5. The van der Waals surface area contributed by atoms with Crippen LogP contribution in [-0.4, -0.2) is 41.8 Å². The first-order valence-corrected chi connectivity index (χ1v) is 7.20. The molecule has 0 fully saturated rings. The number of carbonyl (C=O) groups is 1. The summed E-state index contributed by atoms with van der Waals surface area (Å²) in [7, 11) is 0. The van der Waals surface area contributed by atoms with Crippen LogP contribution in [0.2, 0.25) is 0 Å². The van der Waals surface area contributed by atoms with Gasteiger partial charge in [0.05, 0.1) is 13.2 Å². The Bertz CT molecular complexity index is 383. The molecule has 0 spiro atoms. The quantitative estimate of drug-likeness (QED) is 0.671. The standard InChI is InChI=1S/C13H19NO4S/c1-2-17-10-3-5-11(6-4-10)18-7-8-19-9-12(14)13(15)16/h3-6,12H,2,7-9,14H2,1H3,(H,15,16)/t12-/m0/s1. The van der Waals surface area contributed by atoms with Crippen molar-refractivity contribution < 1.29 is 19.4 Å². The number of carboxylic acids is 1. The number of rotatable bonds is 9. The Labute approximate surface area is 117 Å². The fourth-order valence-corrected chi connectivity index (χ4v) is 2.06. The van der Waals surface area contributed by atoms with Crippen molar-refractivity contribution in [3.63, 3.8) is 0 Å². The van der Waals surface area contributed by atoms with Crippen molar-refractivity contribution in [1.82, 2.24) is 0 Å². The van der Waals surface area contributed by atoms with Crippen molar-refractivity contribution in [2.24, 2.45) is 5.73 Å². The molecule has 106 valence electrons. The summed E-state index contributed by atoms with van der Waals surface area (Å²) in [5, 5.41) is 8.60. The molecule has 3 N–H and O–H groups in total. The molecule has 5 nitrogen and oxygen atoms in total. The highest BCUT2D eigenvalue weighted by atomic mass is 32.2. The lowest BCUT2D eigenvalue weighted by atomic mass is 10.3. The van der Waals surface area contributed by atoms with Crippen LogP contribution in [0, 0.1) is 0 Å². The molecule has 0 aromatic heterocycles. The molecule has 0 radical (unpaired) electrons. The maximum atomic E-state index is 10.5. The van der Waals surface area contributed by atoms with E-state index in [0.717, 1.165) is 11.5 Å². The molecule has 0 bridgehead atoms. The number of aliphatic carboxylic acids is 1. The summed E-state index contributed by atoms with van der Waals surface area (Å²) in [4.78, 5) is 10.5. The third kappa shape index (κ3) is 6.35. The predicted octanol–water partition coefficient (Wildman–Crippen LogP) is 1.61. The summed E-state index contributed by atoms with van der Waals surface area (Å²) in [5.41, 5.74) is 5.38. The number of nitrogens with two attached hydrogens (primary N) is 1. The lowest BCUT2D eigenvalue weighted by Crippen LogP contribution is -2.32. The van der Waals surface area contributed by atoms with Crippen LogP contribution in [-0.2, 0) is 4.79 Å². The molecule has 1 aromatic carbocycles. The maximum absolute atomic E-state index is 10.5. The molecule has 1 rings (SSSR count). The minimum Gasteiger partial charge on any atom is -0.494 e. The van der Waals surface area contributed by atoms with E-state index in [1.165, 1.54) is 11.8 Å². The summed E-state index contributed by atoms with van der Waals surface area (Å²) in [6.07, 6.45) is 0. The van der Waals surface area contributed by atoms with Gasteiger partial charge in [0.25, 0.3) is 0 Å². The minimum absolute atomic E-state index is 0.391. The average Bonchev–Trinajstić information content (AvgIpc) is 2.40. The minimum atomic E-state index is -0.972. The summed E-state index contributed by atoms with van der Waals surface area (Å²) in [6.45, 7) is 3.09. The SMILES string of the molecule is CCOc1ccc(OCCSC[C@H](N)C(=O)O)cc1. The van der Waals surface area contributed by atoms with Crippen LogP contribution in [0.1, 0.15) is 6.92 Å². The predicted molar refractivity (Wildman–Crippen MR) is 76.0 cm³/mol. The summed E-state index contributed by atoms with van der Waals surface area (Å²) < 4.78 is 10.8. The average molecular weight is 285 g/mol. The Morgan fingerprint density at radius 3 is 2.42 bits per heavy atom. The van der Waals surface area contributed by atoms with E-state index in [1.807, 2.05) is 31.2 Å². The van der Waals surface area contributed by atoms with Crippen LogP contribution < -0.4 is 15.2 Å². The summed E-state index contributed by atoms with van der Waals surface area (Å²) >= 11 is 1.46. The van der Waals surface area contributed by atoms with Crippen molar-refractivity contribution in [2.45, 2.75) is 13.0 Å². The van der Waals surface area contributed by atoms with Gasteiger partial charge in [-0.15, -0.1) is 0 Å². The van der Waals surface area contributed by atoms with Crippen molar-refractivity contribution in [1.29, 1.82) is 0 Å². The van der Waals surface area contributed by atoms with Crippen molar-refractivity contribution in [2.75, 3.05) is 24.7 Å². The molecule has 0 saturated heterocycles. The first-order chi connectivity index (χ1) is 9.13. The van der Waals surface area contributed by atoms with Crippen molar-refractivity contribution in [3.05, 3.63) is 24.3 Å². The molecular weight excluding hydrogens is 266 g/mol. The van der Waals surface area contributed by atoms with Gasteiger partial charge in [-0.25, -0.2) is 0 Å². The van der Waals surface area contributed by atoms with E-state index in [4.69, 9.17) is 20.3 Å².